The number of alkyl halides is 3. The minimum atomic E-state index is -3.98. The molecular formula is C9H18F3N. The Morgan fingerprint density at radius 2 is 1.62 bits per heavy atom. The summed E-state index contributed by atoms with van der Waals surface area (Å²) in [6.45, 7) is 3.71. The van der Waals surface area contributed by atoms with Gasteiger partial charge in [0.25, 0.3) is 0 Å². The minimum Gasteiger partial charge on any atom is -0.317 e. The van der Waals surface area contributed by atoms with Crippen LogP contribution in [0.1, 0.15) is 39.0 Å². The molecule has 0 saturated carbocycles. The van der Waals surface area contributed by atoms with Crippen molar-refractivity contribution < 1.29 is 13.2 Å². The van der Waals surface area contributed by atoms with Crippen molar-refractivity contribution in [3.8, 4) is 0 Å². The van der Waals surface area contributed by atoms with Crippen molar-refractivity contribution in [2.24, 2.45) is 0 Å². The van der Waals surface area contributed by atoms with Gasteiger partial charge in [0.05, 0.1) is 0 Å². The Morgan fingerprint density at radius 1 is 1.00 bits per heavy atom. The monoisotopic (exact) mass is 197 g/mol. The largest absolute Gasteiger partial charge is 0.389 e. The SMILES string of the molecule is CCCCNCCCCC(F)(F)F. The first-order chi connectivity index (χ1) is 6.06. The number of hydrogen-bond acceptors (Lipinski definition) is 1. The molecule has 0 aliphatic heterocycles. The summed E-state index contributed by atoms with van der Waals surface area (Å²) >= 11 is 0. The first kappa shape index (κ1) is 12.8. The zero-order chi connectivity index (χ0) is 10.2. The molecule has 1 nitrogen and oxygen atoms in total. The molecule has 0 aromatic carbocycles. The van der Waals surface area contributed by atoms with Crippen LogP contribution in [0.3, 0.4) is 0 Å². The van der Waals surface area contributed by atoms with E-state index < -0.39 is 12.6 Å². The summed E-state index contributed by atoms with van der Waals surface area (Å²) in [5, 5.41) is 3.11. The van der Waals surface area contributed by atoms with E-state index in [0.717, 1.165) is 19.4 Å². The summed E-state index contributed by atoms with van der Waals surface area (Å²) < 4.78 is 35.0. The maximum atomic E-state index is 11.7. The normalized spacial score (nSPS) is 12.0. The van der Waals surface area contributed by atoms with Gasteiger partial charge >= 0.3 is 6.18 Å². The van der Waals surface area contributed by atoms with Gasteiger partial charge in [-0.2, -0.15) is 13.2 Å². The molecule has 1 N–H and O–H groups in total. The van der Waals surface area contributed by atoms with Crippen LogP contribution in [0.4, 0.5) is 13.2 Å². The van der Waals surface area contributed by atoms with Crippen LogP contribution < -0.4 is 5.32 Å². The van der Waals surface area contributed by atoms with E-state index in [1.807, 2.05) is 0 Å². The van der Waals surface area contributed by atoms with Crippen LogP contribution in [-0.2, 0) is 0 Å². The van der Waals surface area contributed by atoms with Gasteiger partial charge in [0.1, 0.15) is 0 Å². The van der Waals surface area contributed by atoms with E-state index in [4.69, 9.17) is 0 Å². The van der Waals surface area contributed by atoms with Gasteiger partial charge in [-0.1, -0.05) is 13.3 Å². The number of halogens is 3. The lowest BCUT2D eigenvalue weighted by Gasteiger charge is -2.06. The number of nitrogens with one attached hydrogen (secondary N) is 1. The lowest BCUT2D eigenvalue weighted by Crippen LogP contribution is -2.17. The fourth-order valence-electron chi connectivity index (χ4n) is 1.00. The Labute approximate surface area is 77.7 Å². The van der Waals surface area contributed by atoms with Crippen LogP contribution in [-0.4, -0.2) is 19.3 Å². The van der Waals surface area contributed by atoms with Crippen molar-refractivity contribution in [2.75, 3.05) is 13.1 Å². The molecule has 0 bridgehead atoms. The molecule has 4 heteroatoms. The zero-order valence-corrected chi connectivity index (χ0v) is 8.08. The highest BCUT2D eigenvalue weighted by Gasteiger charge is 2.25. The molecule has 0 rings (SSSR count). The molecule has 0 atom stereocenters. The Morgan fingerprint density at radius 3 is 2.15 bits per heavy atom. The molecule has 13 heavy (non-hydrogen) atoms. The first-order valence-corrected chi connectivity index (χ1v) is 4.83. The number of hydrogen-bond donors (Lipinski definition) is 1. The summed E-state index contributed by atoms with van der Waals surface area (Å²) in [7, 11) is 0. The average Bonchev–Trinajstić information content (AvgIpc) is 2.01. The number of unbranched alkanes of at least 4 members (excludes halogenated alkanes) is 2. The summed E-state index contributed by atoms with van der Waals surface area (Å²) in [6.07, 6.45) is -1.56. The molecule has 0 radical (unpaired) electrons. The van der Waals surface area contributed by atoms with E-state index in [2.05, 4.69) is 12.2 Å². The van der Waals surface area contributed by atoms with E-state index in [1.54, 1.807) is 0 Å². The molecule has 0 amide bonds. The molecule has 0 spiro atoms. The van der Waals surface area contributed by atoms with Crippen molar-refractivity contribution in [1.29, 1.82) is 0 Å². The molecule has 0 saturated heterocycles. The highest BCUT2D eigenvalue weighted by molar-refractivity contribution is 4.53. The van der Waals surface area contributed by atoms with Crippen LogP contribution in [0.25, 0.3) is 0 Å². The van der Waals surface area contributed by atoms with Crippen LogP contribution in [0.15, 0.2) is 0 Å². The van der Waals surface area contributed by atoms with Gasteiger partial charge in [-0.3, -0.25) is 0 Å². The number of rotatable bonds is 7. The van der Waals surface area contributed by atoms with Gasteiger partial charge in [-0.05, 0) is 32.4 Å². The van der Waals surface area contributed by atoms with E-state index >= 15 is 0 Å². The molecule has 80 valence electrons. The smallest absolute Gasteiger partial charge is 0.317 e. The second-order valence-corrected chi connectivity index (χ2v) is 3.18. The van der Waals surface area contributed by atoms with Crippen LogP contribution >= 0.6 is 0 Å². The van der Waals surface area contributed by atoms with E-state index in [1.165, 1.54) is 0 Å². The maximum absolute atomic E-state index is 11.7. The van der Waals surface area contributed by atoms with Gasteiger partial charge in [0.15, 0.2) is 0 Å². The Bertz CT molecular complexity index is 112. The van der Waals surface area contributed by atoms with E-state index in [0.29, 0.717) is 13.0 Å². The van der Waals surface area contributed by atoms with Crippen molar-refractivity contribution >= 4 is 0 Å². The Kier molecular flexibility index (Phi) is 7.04. The third-order valence-electron chi connectivity index (χ3n) is 1.77. The van der Waals surface area contributed by atoms with Gasteiger partial charge in [-0.15, -0.1) is 0 Å². The lowest BCUT2D eigenvalue weighted by atomic mass is 10.2. The summed E-state index contributed by atoms with van der Waals surface area (Å²) in [6, 6.07) is 0. The van der Waals surface area contributed by atoms with E-state index in [-0.39, 0.29) is 6.42 Å². The third kappa shape index (κ3) is 11.8. The predicted octanol–water partition coefficient (Wildman–Crippen LogP) is 3.11. The second-order valence-electron chi connectivity index (χ2n) is 3.18. The molecular weight excluding hydrogens is 179 g/mol. The van der Waals surface area contributed by atoms with Crippen LogP contribution in [0.5, 0.6) is 0 Å². The minimum absolute atomic E-state index is 0.239. The molecule has 0 aliphatic rings. The second kappa shape index (κ2) is 7.18. The topological polar surface area (TPSA) is 12.0 Å². The molecule has 0 aliphatic carbocycles. The van der Waals surface area contributed by atoms with Crippen molar-refractivity contribution in [3.05, 3.63) is 0 Å². The third-order valence-corrected chi connectivity index (χ3v) is 1.77. The van der Waals surface area contributed by atoms with Crippen molar-refractivity contribution in [2.45, 2.75) is 45.2 Å². The highest BCUT2D eigenvalue weighted by Crippen LogP contribution is 2.21. The Hall–Kier alpha value is -0.250. The fourth-order valence-corrected chi connectivity index (χ4v) is 1.00. The standard InChI is InChI=1S/C9H18F3N/c1-2-3-7-13-8-5-4-6-9(10,11)12/h13H,2-8H2,1H3. The van der Waals surface area contributed by atoms with Crippen molar-refractivity contribution in [3.63, 3.8) is 0 Å². The van der Waals surface area contributed by atoms with Crippen LogP contribution in [0, 0.1) is 0 Å². The van der Waals surface area contributed by atoms with Crippen LogP contribution in [0.2, 0.25) is 0 Å². The molecule has 0 heterocycles. The fraction of sp³-hybridized carbons (Fsp3) is 1.00. The van der Waals surface area contributed by atoms with Gasteiger partial charge in [0.2, 0.25) is 0 Å². The summed E-state index contributed by atoms with van der Waals surface area (Å²) in [4.78, 5) is 0. The quantitative estimate of drug-likeness (QED) is 0.618. The molecule has 0 fully saturated rings. The molecule has 0 aromatic heterocycles. The zero-order valence-electron chi connectivity index (χ0n) is 8.08. The van der Waals surface area contributed by atoms with Crippen molar-refractivity contribution in [1.82, 2.24) is 5.32 Å². The molecule has 0 aromatic rings. The van der Waals surface area contributed by atoms with Gasteiger partial charge < -0.3 is 5.32 Å². The predicted molar refractivity (Wildman–Crippen MR) is 47.7 cm³/mol. The van der Waals surface area contributed by atoms with Gasteiger partial charge in [-0.25, -0.2) is 0 Å². The Balaban J connectivity index is 3.00. The highest BCUT2D eigenvalue weighted by atomic mass is 19.4. The average molecular weight is 197 g/mol. The maximum Gasteiger partial charge on any atom is 0.389 e. The first-order valence-electron chi connectivity index (χ1n) is 4.83. The summed E-state index contributed by atoms with van der Waals surface area (Å²) in [5.41, 5.74) is 0. The van der Waals surface area contributed by atoms with E-state index in [9.17, 15) is 13.2 Å². The summed E-state index contributed by atoms with van der Waals surface area (Å²) in [5.74, 6) is 0. The lowest BCUT2D eigenvalue weighted by molar-refractivity contribution is -0.135. The van der Waals surface area contributed by atoms with Gasteiger partial charge in [0, 0.05) is 6.42 Å². The molecule has 0 unspecified atom stereocenters.